The Morgan fingerprint density at radius 1 is 1.08 bits per heavy atom. The first kappa shape index (κ1) is 18.6. The molecule has 1 saturated heterocycles. The van der Waals surface area contributed by atoms with Gasteiger partial charge in [-0.1, -0.05) is 35.3 Å². The Bertz CT molecular complexity index is 825. The van der Waals surface area contributed by atoms with Crippen LogP contribution in [0, 0.1) is 11.6 Å². The SMILES string of the molecule is O=C1NC[C@@H](C(=O)CC(c2ccc(F)c(Cl)c2)c2ccc(F)c(Cl)c2)N1. The number of rotatable bonds is 5. The lowest BCUT2D eigenvalue weighted by molar-refractivity contribution is -0.120. The van der Waals surface area contributed by atoms with Crippen molar-refractivity contribution >= 4 is 35.0 Å². The van der Waals surface area contributed by atoms with Crippen LogP contribution in [0.2, 0.25) is 10.0 Å². The summed E-state index contributed by atoms with van der Waals surface area (Å²) in [5, 5.41) is 4.90. The summed E-state index contributed by atoms with van der Waals surface area (Å²) in [4.78, 5) is 23.8. The van der Waals surface area contributed by atoms with Gasteiger partial charge in [0.05, 0.1) is 10.0 Å². The van der Waals surface area contributed by atoms with Gasteiger partial charge in [-0.2, -0.15) is 0 Å². The molecule has 136 valence electrons. The second kappa shape index (κ2) is 7.60. The van der Waals surface area contributed by atoms with E-state index in [1.54, 1.807) is 0 Å². The Morgan fingerprint density at radius 3 is 2.04 bits per heavy atom. The highest BCUT2D eigenvalue weighted by Gasteiger charge is 2.30. The van der Waals surface area contributed by atoms with Crippen LogP contribution in [0.1, 0.15) is 23.5 Å². The van der Waals surface area contributed by atoms with Crippen molar-refractivity contribution in [3.63, 3.8) is 0 Å². The normalized spacial score (nSPS) is 16.5. The highest BCUT2D eigenvalue weighted by atomic mass is 35.5. The summed E-state index contributed by atoms with van der Waals surface area (Å²) in [6.45, 7) is 0.193. The van der Waals surface area contributed by atoms with E-state index in [0.717, 1.165) is 0 Å². The standard InChI is InChI=1S/C18H14Cl2F2N2O2/c19-12-5-9(1-3-14(12)21)11(10-2-4-15(22)13(20)6-10)7-17(25)16-8-23-18(26)24-16/h1-6,11,16H,7-8H2,(H2,23,24,26)/t16-/m0/s1. The summed E-state index contributed by atoms with van der Waals surface area (Å²) in [7, 11) is 0. The Morgan fingerprint density at radius 2 is 1.62 bits per heavy atom. The van der Waals surface area contributed by atoms with E-state index in [1.807, 2.05) is 0 Å². The molecule has 0 unspecified atom stereocenters. The second-order valence-corrected chi connectivity index (χ2v) is 6.79. The van der Waals surface area contributed by atoms with Crippen molar-refractivity contribution in [3.8, 4) is 0 Å². The van der Waals surface area contributed by atoms with E-state index in [2.05, 4.69) is 10.6 Å². The molecule has 0 radical (unpaired) electrons. The highest BCUT2D eigenvalue weighted by Crippen LogP contribution is 2.33. The molecule has 1 aliphatic rings. The van der Waals surface area contributed by atoms with Gasteiger partial charge in [0.2, 0.25) is 0 Å². The molecule has 2 aromatic rings. The van der Waals surface area contributed by atoms with Crippen LogP contribution < -0.4 is 10.6 Å². The fourth-order valence-corrected chi connectivity index (χ4v) is 3.26. The number of nitrogens with one attached hydrogen (secondary N) is 2. The third-order valence-corrected chi connectivity index (χ3v) is 4.84. The number of hydrogen-bond acceptors (Lipinski definition) is 2. The summed E-state index contributed by atoms with van der Waals surface area (Å²) in [5.74, 6) is -1.89. The molecule has 1 heterocycles. The van der Waals surface area contributed by atoms with Gasteiger partial charge >= 0.3 is 6.03 Å². The number of hydrogen-bond donors (Lipinski definition) is 2. The molecule has 3 rings (SSSR count). The van der Waals surface area contributed by atoms with Crippen LogP contribution in [0.25, 0.3) is 0 Å². The predicted octanol–water partition coefficient (Wildman–Crippen LogP) is 4.04. The van der Waals surface area contributed by atoms with Gasteiger partial charge in [-0.05, 0) is 35.4 Å². The lowest BCUT2D eigenvalue weighted by Gasteiger charge is -2.20. The zero-order valence-electron chi connectivity index (χ0n) is 13.4. The summed E-state index contributed by atoms with van der Waals surface area (Å²) < 4.78 is 27.0. The first-order chi connectivity index (χ1) is 12.3. The molecule has 4 nitrogen and oxygen atoms in total. The number of carbonyl (C=O) groups excluding carboxylic acids is 2. The molecule has 0 bridgehead atoms. The Hall–Kier alpha value is -2.18. The summed E-state index contributed by atoms with van der Waals surface area (Å²) in [6.07, 6.45) is 0.0105. The average molecular weight is 399 g/mol. The molecule has 8 heteroatoms. The van der Waals surface area contributed by atoms with E-state index in [1.165, 1.54) is 36.4 Å². The van der Waals surface area contributed by atoms with Crippen LogP contribution in [0.4, 0.5) is 13.6 Å². The zero-order chi connectivity index (χ0) is 18.8. The molecule has 1 atom stereocenters. The van der Waals surface area contributed by atoms with E-state index < -0.39 is 29.6 Å². The third-order valence-electron chi connectivity index (χ3n) is 4.26. The van der Waals surface area contributed by atoms with Gasteiger partial charge < -0.3 is 10.6 Å². The van der Waals surface area contributed by atoms with Crippen LogP contribution in [0.3, 0.4) is 0 Å². The molecule has 0 spiro atoms. The minimum absolute atomic E-state index is 0.0105. The maximum Gasteiger partial charge on any atom is 0.315 e. The molecule has 2 N–H and O–H groups in total. The summed E-state index contributed by atoms with van der Waals surface area (Å²) in [5.41, 5.74) is 1.18. The third kappa shape index (κ3) is 3.97. The van der Waals surface area contributed by atoms with E-state index in [0.29, 0.717) is 11.1 Å². The van der Waals surface area contributed by atoms with Gasteiger partial charge in [0.25, 0.3) is 0 Å². The zero-order valence-corrected chi connectivity index (χ0v) is 14.9. The summed E-state index contributed by atoms with van der Waals surface area (Å²) >= 11 is 11.7. The molecule has 1 fully saturated rings. The highest BCUT2D eigenvalue weighted by molar-refractivity contribution is 6.31. The number of carbonyl (C=O) groups is 2. The molecule has 2 amide bonds. The first-order valence-electron chi connectivity index (χ1n) is 7.82. The molecular formula is C18H14Cl2F2N2O2. The second-order valence-electron chi connectivity index (χ2n) is 5.98. The quantitative estimate of drug-likeness (QED) is 0.798. The lowest BCUT2D eigenvalue weighted by atomic mass is 9.86. The van der Waals surface area contributed by atoms with Crippen molar-refractivity contribution in [1.29, 1.82) is 0 Å². The smallest absolute Gasteiger partial charge is 0.315 e. The van der Waals surface area contributed by atoms with Gasteiger partial charge in [-0.3, -0.25) is 4.79 Å². The Labute approximate surface area is 158 Å². The Balaban J connectivity index is 1.95. The minimum Gasteiger partial charge on any atom is -0.336 e. The van der Waals surface area contributed by atoms with Gasteiger partial charge in [-0.15, -0.1) is 0 Å². The fourth-order valence-electron chi connectivity index (χ4n) is 2.88. The summed E-state index contributed by atoms with van der Waals surface area (Å²) in [6, 6.07) is 7.24. The molecule has 0 saturated carbocycles. The number of halogens is 4. The van der Waals surface area contributed by atoms with E-state index in [9.17, 15) is 18.4 Å². The van der Waals surface area contributed by atoms with Gasteiger partial charge in [-0.25, -0.2) is 13.6 Å². The van der Waals surface area contributed by atoms with Crippen LogP contribution in [0.5, 0.6) is 0 Å². The molecule has 2 aromatic carbocycles. The topological polar surface area (TPSA) is 58.2 Å². The molecule has 1 aliphatic heterocycles. The van der Waals surface area contributed by atoms with Crippen molar-refractivity contribution in [2.24, 2.45) is 0 Å². The van der Waals surface area contributed by atoms with Crippen molar-refractivity contribution in [3.05, 3.63) is 69.2 Å². The number of benzene rings is 2. The average Bonchev–Trinajstić information content (AvgIpc) is 3.04. The minimum atomic E-state index is -0.656. The monoisotopic (exact) mass is 398 g/mol. The number of Topliss-reactive ketones (excluding diaryl/α,β-unsaturated/α-hetero) is 1. The van der Waals surface area contributed by atoms with E-state index >= 15 is 0 Å². The van der Waals surface area contributed by atoms with Crippen molar-refractivity contribution < 1.29 is 18.4 Å². The van der Waals surface area contributed by atoms with E-state index in [-0.39, 0.29) is 28.8 Å². The molecule has 0 aliphatic carbocycles. The first-order valence-corrected chi connectivity index (χ1v) is 8.57. The van der Waals surface area contributed by atoms with Crippen LogP contribution >= 0.6 is 23.2 Å². The van der Waals surface area contributed by atoms with Crippen LogP contribution in [-0.4, -0.2) is 24.4 Å². The van der Waals surface area contributed by atoms with Crippen molar-refractivity contribution in [2.75, 3.05) is 6.54 Å². The lowest BCUT2D eigenvalue weighted by Crippen LogP contribution is -2.35. The predicted molar refractivity (Wildman–Crippen MR) is 94.6 cm³/mol. The van der Waals surface area contributed by atoms with Gasteiger partial charge in [0, 0.05) is 18.9 Å². The molecule has 26 heavy (non-hydrogen) atoms. The molecular weight excluding hydrogens is 385 g/mol. The van der Waals surface area contributed by atoms with Gasteiger partial charge in [0.15, 0.2) is 5.78 Å². The van der Waals surface area contributed by atoms with Crippen molar-refractivity contribution in [2.45, 2.75) is 18.4 Å². The van der Waals surface area contributed by atoms with Gasteiger partial charge in [0.1, 0.15) is 17.7 Å². The van der Waals surface area contributed by atoms with Crippen molar-refractivity contribution in [1.82, 2.24) is 10.6 Å². The number of ketones is 1. The van der Waals surface area contributed by atoms with Crippen LogP contribution in [0.15, 0.2) is 36.4 Å². The largest absolute Gasteiger partial charge is 0.336 e. The molecule has 0 aromatic heterocycles. The maximum atomic E-state index is 13.5. The van der Waals surface area contributed by atoms with E-state index in [4.69, 9.17) is 23.2 Å². The maximum absolute atomic E-state index is 13.5. The fraction of sp³-hybridized carbons (Fsp3) is 0.222. The Kier molecular flexibility index (Phi) is 5.44. The number of urea groups is 1. The number of amides is 2. The van der Waals surface area contributed by atoms with Crippen LogP contribution in [-0.2, 0) is 4.79 Å².